The van der Waals surface area contributed by atoms with Crippen molar-refractivity contribution in [3.05, 3.63) is 57.9 Å². The van der Waals surface area contributed by atoms with Crippen LogP contribution < -0.4 is 10.9 Å². The van der Waals surface area contributed by atoms with Crippen LogP contribution in [-0.4, -0.2) is 37.8 Å². The summed E-state index contributed by atoms with van der Waals surface area (Å²) in [6.45, 7) is 1.69. The summed E-state index contributed by atoms with van der Waals surface area (Å²) in [6.07, 6.45) is 3.19. The van der Waals surface area contributed by atoms with Crippen molar-refractivity contribution in [2.24, 2.45) is 0 Å². The zero-order chi connectivity index (χ0) is 20.8. The van der Waals surface area contributed by atoms with Crippen LogP contribution >= 0.6 is 0 Å². The Morgan fingerprint density at radius 3 is 2.60 bits per heavy atom. The second-order valence-corrected chi connectivity index (χ2v) is 7.07. The largest absolute Gasteiger partial charge is 0.333 e. The number of halogens is 3. The molecule has 0 saturated carbocycles. The predicted octanol–water partition coefficient (Wildman–Crippen LogP) is 2.62. The van der Waals surface area contributed by atoms with E-state index in [4.69, 9.17) is 4.52 Å². The molecule has 1 aromatic carbocycles. The highest BCUT2D eigenvalue weighted by atomic mass is 19.2. The quantitative estimate of drug-likeness (QED) is 0.498. The number of fused-ring (bicyclic) bond motifs is 1. The SMILES string of the molecule is O=c1cc(C2CCNCC2)n2ncc(-c3nc(-c4cc(F)c(F)cc4F)no3)c2[nH]1. The van der Waals surface area contributed by atoms with Gasteiger partial charge in [0.25, 0.3) is 11.4 Å². The first-order valence-electron chi connectivity index (χ1n) is 9.32. The molecule has 4 aromatic rings. The van der Waals surface area contributed by atoms with Gasteiger partial charge in [-0.25, -0.2) is 17.7 Å². The van der Waals surface area contributed by atoms with E-state index in [1.165, 1.54) is 12.3 Å². The highest BCUT2D eigenvalue weighted by Crippen LogP contribution is 2.29. The van der Waals surface area contributed by atoms with Crippen LogP contribution in [0.5, 0.6) is 0 Å². The smallest absolute Gasteiger partial charge is 0.263 e. The minimum Gasteiger partial charge on any atom is -0.333 e. The molecular weight excluding hydrogens is 401 g/mol. The normalized spacial score (nSPS) is 15.2. The highest BCUT2D eigenvalue weighted by Gasteiger charge is 2.23. The van der Waals surface area contributed by atoms with Crippen LogP contribution in [0.2, 0.25) is 0 Å². The molecular formula is C19H15F3N6O2. The van der Waals surface area contributed by atoms with Crippen LogP contribution in [0.4, 0.5) is 13.2 Å². The van der Waals surface area contributed by atoms with Gasteiger partial charge in [0.2, 0.25) is 5.82 Å². The van der Waals surface area contributed by atoms with Gasteiger partial charge in [-0.2, -0.15) is 10.1 Å². The van der Waals surface area contributed by atoms with Gasteiger partial charge in [-0.1, -0.05) is 5.16 Å². The molecule has 3 aromatic heterocycles. The zero-order valence-corrected chi connectivity index (χ0v) is 15.5. The number of benzene rings is 1. The Morgan fingerprint density at radius 2 is 1.80 bits per heavy atom. The minimum atomic E-state index is -1.31. The predicted molar refractivity (Wildman–Crippen MR) is 99.3 cm³/mol. The summed E-state index contributed by atoms with van der Waals surface area (Å²) >= 11 is 0. The lowest BCUT2D eigenvalue weighted by Gasteiger charge is -2.23. The van der Waals surface area contributed by atoms with Crippen LogP contribution in [0.3, 0.4) is 0 Å². The molecule has 1 fully saturated rings. The lowest BCUT2D eigenvalue weighted by molar-refractivity contribution is 0.431. The van der Waals surface area contributed by atoms with E-state index in [1.54, 1.807) is 4.52 Å². The van der Waals surface area contributed by atoms with Crippen molar-refractivity contribution < 1.29 is 17.7 Å². The maximum absolute atomic E-state index is 14.0. The molecule has 30 heavy (non-hydrogen) atoms. The number of hydrogen-bond acceptors (Lipinski definition) is 6. The second kappa shape index (κ2) is 7.10. The molecule has 0 spiro atoms. The average Bonchev–Trinajstić information content (AvgIpc) is 3.37. The van der Waals surface area contributed by atoms with Gasteiger partial charge in [0.1, 0.15) is 17.0 Å². The molecule has 1 saturated heterocycles. The van der Waals surface area contributed by atoms with Gasteiger partial charge in [0.15, 0.2) is 11.6 Å². The Kier molecular flexibility index (Phi) is 4.39. The van der Waals surface area contributed by atoms with Gasteiger partial charge in [0, 0.05) is 18.1 Å². The Hall–Kier alpha value is -3.47. The van der Waals surface area contributed by atoms with Gasteiger partial charge in [0.05, 0.1) is 17.5 Å². The summed E-state index contributed by atoms with van der Waals surface area (Å²) in [5.41, 5.74) is 0.822. The van der Waals surface area contributed by atoms with Crippen molar-refractivity contribution in [1.82, 2.24) is 30.1 Å². The number of rotatable bonds is 3. The second-order valence-electron chi connectivity index (χ2n) is 7.07. The number of piperidine rings is 1. The molecule has 2 N–H and O–H groups in total. The third kappa shape index (κ3) is 3.07. The fraction of sp³-hybridized carbons (Fsp3) is 0.263. The van der Waals surface area contributed by atoms with Crippen LogP contribution in [0.1, 0.15) is 24.5 Å². The Balaban J connectivity index is 1.59. The van der Waals surface area contributed by atoms with Crippen molar-refractivity contribution in [3.8, 4) is 22.8 Å². The summed E-state index contributed by atoms with van der Waals surface area (Å²) in [6, 6.07) is 2.60. The summed E-state index contributed by atoms with van der Waals surface area (Å²) in [5.74, 6) is -3.70. The standard InChI is InChI=1S/C19H15F3N6O2/c20-12-6-14(22)13(21)5-10(12)17-26-19(30-27-17)11-8-24-28-15(7-16(29)25-18(11)28)9-1-3-23-4-2-9/h5-9,23H,1-4H2,(H,25,29). The van der Waals surface area contributed by atoms with E-state index in [-0.39, 0.29) is 28.8 Å². The van der Waals surface area contributed by atoms with Crippen LogP contribution in [-0.2, 0) is 0 Å². The summed E-state index contributed by atoms with van der Waals surface area (Å²) in [7, 11) is 0. The van der Waals surface area contributed by atoms with Crippen molar-refractivity contribution in [3.63, 3.8) is 0 Å². The maximum Gasteiger partial charge on any atom is 0.263 e. The molecule has 8 nitrogen and oxygen atoms in total. The van der Waals surface area contributed by atoms with E-state index >= 15 is 0 Å². The monoisotopic (exact) mass is 416 g/mol. The molecule has 0 aliphatic carbocycles. The fourth-order valence-electron chi connectivity index (χ4n) is 3.71. The Bertz CT molecular complexity index is 1310. The molecule has 1 aliphatic heterocycles. The van der Waals surface area contributed by atoms with Crippen molar-refractivity contribution in [2.45, 2.75) is 18.8 Å². The van der Waals surface area contributed by atoms with E-state index in [1.807, 2.05) is 0 Å². The number of nitrogens with one attached hydrogen (secondary N) is 2. The first kappa shape index (κ1) is 18.6. The number of aromatic amines is 1. The third-order valence-electron chi connectivity index (χ3n) is 5.20. The molecule has 0 atom stereocenters. The van der Waals surface area contributed by atoms with Gasteiger partial charge < -0.3 is 14.8 Å². The molecule has 0 amide bonds. The molecule has 1 aliphatic rings. The molecule has 154 valence electrons. The summed E-state index contributed by atoms with van der Waals surface area (Å²) in [4.78, 5) is 19.1. The fourth-order valence-corrected chi connectivity index (χ4v) is 3.71. The number of aromatic nitrogens is 5. The molecule has 4 heterocycles. The summed E-state index contributed by atoms with van der Waals surface area (Å²) in [5, 5.41) is 11.3. The van der Waals surface area contributed by atoms with Gasteiger partial charge >= 0.3 is 0 Å². The van der Waals surface area contributed by atoms with Crippen molar-refractivity contribution in [2.75, 3.05) is 13.1 Å². The molecule has 5 rings (SSSR count). The van der Waals surface area contributed by atoms with Crippen LogP contribution in [0, 0.1) is 17.5 Å². The van der Waals surface area contributed by atoms with E-state index in [2.05, 4.69) is 25.5 Å². The van der Waals surface area contributed by atoms with E-state index in [0.29, 0.717) is 23.3 Å². The molecule has 0 unspecified atom stereocenters. The Morgan fingerprint density at radius 1 is 1.03 bits per heavy atom. The lowest BCUT2D eigenvalue weighted by Crippen LogP contribution is -2.28. The number of nitrogens with zero attached hydrogens (tertiary/aromatic N) is 4. The van der Waals surface area contributed by atoms with Crippen molar-refractivity contribution in [1.29, 1.82) is 0 Å². The van der Waals surface area contributed by atoms with E-state index in [0.717, 1.165) is 31.6 Å². The van der Waals surface area contributed by atoms with Crippen molar-refractivity contribution >= 4 is 5.65 Å². The van der Waals surface area contributed by atoms with Gasteiger partial charge in [-0.05, 0) is 32.0 Å². The zero-order valence-electron chi connectivity index (χ0n) is 15.5. The third-order valence-corrected chi connectivity index (χ3v) is 5.20. The van der Waals surface area contributed by atoms with Crippen LogP contribution in [0.15, 0.2) is 33.7 Å². The topological polar surface area (TPSA) is 101 Å². The average molecular weight is 416 g/mol. The molecule has 0 bridgehead atoms. The van der Waals surface area contributed by atoms with E-state index in [9.17, 15) is 18.0 Å². The van der Waals surface area contributed by atoms with Gasteiger partial charge in [-0.15, -0.1) is 0 Å². The molecule has 11 heteroatoms. The maximum atomic E-state index is 14.0. The van der Waals surface area contributed by atoms with Gasteiger partial charge in [-0.3, -0.25) is 4.79 Å². The molecule has 0 radical (unpaired) electrons. The first-order valence-corrected chi connectivity index (χ1v) is 9.32. The first-order chi connectivity index (χ1) is 14.5. The lowest BCUT2D eigenvalue weighted by atomic mass is 9.94. The summed E-state index contributed by atoms with van der Waals surface area (Å²) < 4.78 is 47.5. The van der Waals surface area contributed by atoms with Crippen LogP contribution in [0.25, 0.3) is 28.5 Å². The van der Waals surface area contributed by atoms with E-state index < -0.39 is 17.5 Å². The Labute approximate surface area is 166 Å². The number of hydrogen-bond donors (Lipinski definition) is 2. The highest BCUT2D eigenvalue weighted by molar-refractivity contribution is 5.72. The minimum absolute atomic E-state index is 0.0396. The number of H-pyrrole nitrogens is 1.